The molecule has 5 heteroatoms. The summed E-state index contributed by atoms with van der Waals surface area (Å²) in [6.45, 7) is 0. The van der Waals surface area contributed by atoms with Gasteiger partial charge in [0, 0.05) is 64.3 Å². The van der Waals surface area contributed by atoms with Gasteiger partial charge < -0.3 is 4.98 Å². The number of hydrogen-bond acceptors (Lipinski definition) is 4. The fourth-order valence-corrected chi connectivity index (χ4v) is 10.6. The molecule has 12 aromatic rings. The first-order valence-electron chi connectivity index (χ1n) is 20.9. The second-order valence-electron chi connectivity index (χ2n) is 15.6. The third-order valence-corrected chi connectivity index (χ3v) is 13.3. The second-order valence-corrected chi connectivity index (χ2v) is 16.7. The lowest BCUT2D eigenvalue weighted by Gasteiger charge is -2.22. The molecular weight excluding hydrogens is 773 g/mol. The first-order chi connectivity index (χ1) is 30.8. The predicted molar refractivity (Wildman–Crippen MR) is 260 cm³/mol. The molecule has 12 rings (SSSR count). The Morgan fingerprint density at radius 1 is 0.323 bits per heavy atom. The molecule has 0 radical (unpaired) electrons. The van der Waals surface area contributed by atoms with Gasteiger partial charge in [-0.2, -0.15) is 0 Å². The number of hydrogen-bond donors (Lipinski definition) is 1. The highest BCUT2D eigenvalue weighted by Crippen LogP contribution is 2.51. The number of H-pyrrole nitrogens is 1. The summed E-state index contributed by atoms with van der Waals surface area (Å²) in [7, 11) is 0. The van der Waals surface area contributed by atoms with Crippen molar-refractivity contribution >= 4 is 53.3 Å². The van der Waals surface area contributed by atoms with E-state index < -0.39 is 0 Å². The Morgan fingerprint density at radius 2 is 0.823 bits per heavy atom. The van der Waals surface area contributed by atoms with Crippen LogP contribution in [-0.2, 0) is 0 Å². The fourth-order valence-electron chi connectivity index (χ4n) is 9.42. The molecule has 0 bridgehead atoms. The Balaban J connectivity index is 1.24. The van der Waals surface area contributed by atoms with E-state index in [0.717, 1.165) is 89.2 Å². The monoisotopic (exact) mass is 808 g/mol. The third-order valence-electron chi connectivity index (χ3n) is 12.1. The summed E-state index contributed by atoms with van der Waals surface area (Å²) in [5, 5.41) is 19.7. The highest BCUT2D eigenvalue weighted by Gasteiger charge is 2.28. The van der Waals surface area contributed by atoms with Crippen molar-refractivity contribution in [1.29, 1.82) is 0 Å². The zero-order valence-corrected chi connectivity index (χ0v) is 34.3. The van der Waals surface area contributed by atoms with Gasteiger partial charge >= 0.3 is 0 Å². The standard InChI is InChI=1S/C57H36N4S/c1-3-18-36(19-4-1)38-22-7-8-23-40(38)41-24-9-10-26-44(41)56-54(57(60-61-59-56)48-32-17-35-51-52(48)47-27-12-14-34-50(47)62-51)53-39(37-20-5-2-6-21-37)28-15-29-43(53)46-31-16-30-45-42-25-11-13-33-49(42)58-55(45)46/h1-35,58H. The Bertz CT molecular complexity index is 3640. The number of aromatic nitrogens is 4. The minimum atomic E-state index is 0.762. The van der Waals surface area contributed by atoms with Gasteiger partial charge in [0.2, 0.25) is 0 Å². The van der Waals surface area contributed by atoms with Gasteiger partial charge in [0.1, 0.15) is 11.4 Å². The van der Waals surface area contributed by atoms with Crippen LogP contribution in [-0.4, -0.2) is 20.4 Å². The number of aromatic amines is 1. The maximum Gasteiger partial charge on any atom is 0.105 e. The van der Waals surface area contributed by atoms with Gasteiger partial charge in [-0.15, -0.1) is 21.5 Å². The predicted octanol–water partition coefficient (Wildman–Crippen LogP) is 15.5. The van der Waals surface area contributed by atoms with Crippen LogP contribution in [0.15, 0.2) is 212 Å². The summed E-state index contributed by atoms with van der Waals surface area (Å²) in [6, 6.07) is 75.7. The number of nitrogens with one attached hydrogen (secondary N) is 1. The average Bonchev–Trinajstić information content (AvgIpc) is 3.93. The van der Waals surface area contributed by atoms with E-state index >= 15 is 0 Å². The Kier molecular flexibility index (Phi) is 8.65. The largest absolute Gasteiger partial charge is 0.354 e. The Labute approximate surface area is 362 Å². The first kappa shape index (κ1) is 35.9. The van der Waals surface area contributed by atoms with E-state index in [1.54, 1.807) is 0 Å². The lowest BCUT2D eigenvalue weighted by atomic mass is 9.82. The number of para-hydroxylation sites is 2. The fraction of sp³-hybridized carbons (Fsp3) is 0. The van der Waals surface area contributed by atoms with Gasteiger partial charge in [-0.05, 0) is 62.4 Å². The summed E-state index contributed by atoms with van der Waals surface area (Å²) >= 11 is 1.81. The van der Waals surface area contributed by atoms with Crippen molar-refractivity contribution in [1.82, 2.24) is 20.4 Å². The van der Waals surface area contributed by atoms with Crippen molar-refractivity contribution in [2.75, 3.05) is 0 Å². The minimum Gasteiger partial charge on any atom is -0.354 e. The molecule has 0 unspecified atom stereocenters. The molecule has 9 aromatic carbocycles. The van der Waals surface area contributed by atoms with Gasteiger partial charge in [-0.25, -0.2) is 0 Å². The van der Waals surface area contributed by atoms with Crippen LogP contribution in [0.2, 0.25) is 0 Å². The summed E-state index contributed by atoms with van der Waals surface area (Å²) < 4.78 is 2.43. The van der Waals surface area contributed by atoms with Crippen molar-refractivity contribution in [2.24, 2.45) is 0 Å². The second kappa shape index (κ2) is 14.9. The number of fused-ring (bicyclic) bond motifs is 6. The lowest BCUT2D eigenvalue weighted by molar-refractivity contribution is 0.879. The first-order valence-corrected chi connectivity index (χ1v) is 21.7. The number of nitrogens with zero attached hydrogens (tertiary/aromatic N) is 3. The van der Waals surface area contributed by atoms with Crippen LogP contribution in [0.5, 0.6) is 0 Å². The van der Waals surface area contributed by atoms with Crippen molar-refractivity contribution in [3.63, 3.8) is 0 Å². The SMILES string of the molecule is c1ccc(-c2ccccc2-c2ccccc2-c2nnnc(-c3cccc4sc5ccccc5c34)c2-c2c(-c3ccccc3)cccc2-c2cccc3c2[nH]c2ccccc23)cc1. The van der Waals surface area contributed by atoms with Crippen LogP contribution in [0.25, 0.3) is 120 Å². The summed E-state index contributed by atoms with van der Waals surface area (Å²) in [5.41, 5.74) is 16.5. The molecule has 62 heavy (non-hydrogen) atoms. The number of rotatable bonds is 7. The maximum atomic E-state index is 5.13. The highest BCUT2D eigenvalue weighted by atomic mass is 32.1. The van der Waals surface area contributed by atoms with Crippen LogP contribution < -0.4 is 0 Å². The van der Waals surface area contributed by atoms with E-state index in [9.17, 15) is 0 Å². The smallest absolute Gasteiger partial charge is 0.105 e. The molecule has 3 heterocycles. The molecule has 0 amide bonds. The minimum absolute atomic E-state index is 0.762. The molecule has 0 saturated heterocycles. The van der Waals surface area contributed by atoms with E-state index in [-0.39, 0.29) is 0 Å². The molecule has 0 spiro atoms. The van der Waals surface area contributed by atoms with Crippen LogP contribution in [0, 0.1) is 0 Å². The molecule has 3 aromatic heterocycles. The molecule has 290 valence electrons. The topological polar surface area (TPSA) is 54.5 Å². The molecule has 0 aliphatic heterocycles. The van der Waals surface area contributed by atoms with Gasteiger partial charge in [0.25, 0.3) is 0 Å². The Hall–Kier alpha value is -7.99. The molecule has 1 N–H and O–H groups in total. The zero-order valence-electron chi connectivity index (χ0n) is 33.5. The third kappa shape index (κ3) is 5.86. The Morgan fingerprint density at radius 3 is 1.61 bits per heavy atom. The maximum absolute atomic E-state index is 5.13. The van der Waals surface area contributed by atoms with E-state index in [0.29, 0.717) is 0 Å². The summed E-state index contributed by atoms with van der Waals surface area (Å²) in [5.74, 6) is 0. The molecule has 0 atom stereocenters. The van der Waals surface area contributed by atoms with Crippen LogP contribution >= 0.6 is 11.3 Å². The van der Waals surface area contributed by atoms with E-state index in [4.69, 9.17) is 15.4 Å². The zero-order chi connectivity index (χ0) is 41.0. The molecule has 0 saturated carbocycles. The van der Waals surface area contributed by atoms with Crippen molar-refractivity contribution in [2.45, 2.75) is 0 Å². The molecule has 0 fully saturated rings. The average molecular weight is 809 g/mol. The summed E-state index contributed by atoms with van der Waals surface area (Å²) in [6.07, 6.45) is 0. The lowest BCUT2D eigenvalue weighted by Crippen LogP contribution is -2.04. The van der Waals surface area contributed by atoms with Gasteiger partial charge in [-0.1, -0.05) is 194 Å². The number of thiophene rings is 1. The molecule has 0 aliphatic carbocycles. The van der Waals surface area contributed by atoms with Crippen LogP contribution in [0.3, 0.4) is 0 Å². The van der Waals surface area contributed by atoms with Crippen molar-refractivity contribution < 1.29 is 0 Å². The molecule has 4 nitrogen and oxygen atoms in total. The summed E-state index contributed by atoms with van der Waals surface area (Å²) in [4.78, 5) is 3.83. The van der Waals surface area contributed by atoms with E-state index in [2.05, 4.69) is 217 Å². The molecular formula is C57H36N4S. The van der Waals surface area contributed by atoms with Gasteiger partial charge in [0.15, 0.2) is 0 Å². The van der Waals surface area contributed by atoms with Crippen LogP contribution in [0.4, 0.5) is 0 Å². The molecule has 0 aliphatic rings. The highest BCUT2D eigenvalue weighted by molar-refractivity contribution is 7.25. The van der Waals surface area contributed by atoms with E-state index in [1.807, 2.05) is 11.3 Å². The van der Waals surface area contributed by atoms with E-state index in [1.165, 1.54) is 30.9 Å². The normalized spacial score (nSPS) is 11.5. The van der Waals surface area contributed by atoms with Gasteiger partial charge in [-0.3, -0.25) is 0 Å². The van der Waals surface area contributed by atoms with Crippen molar-refractivity contribution in [3.8, 4) is 78.1 Å². The quantitative estimate of drug-likeness (QED) is 0.174. The van der Waals surface area contributed by atoms with Crippen molar-refractivity contribution in [3.05, 3.63) is 212 Å². The van der Waals surface area contributed by atoms with Gasteiger partial charge in [0.05, 0.1) is 5.52 Å². The van der Waals surface area contributed by atoms with Crippen LogP contribution in [0.1, 0.15) is 0 Å². The number of benzene rings is 9.